The van der Waals surface area contributed by atoms with Crippen LogP contribution in [0, 0.1) is 0 Å². The van der Waals surface area contributed by atoms with E-state index in [9.17, 15) is 0 Å². The first-order valence-corrected chi connectivity index (χ1v) is 6.61. The van der Waals surface area contributed by atoms with E-state index in [0.29, 0.717) is 0 Å². The predicted octanol–water partition coefficient (Wildman–Crippen LogP) is 2.38. The van der Waals surface area contributed by atoms with E-state index in [4.69, 9.17) is 0 Å². The first-order chi connectivity index (χ1) is 8.83. The zero-order valence-corrected chi connectivity index (χ0v) is 10.8. The largest absolute Gasteiger partial charge is 0.369 e. The number of likely N-dealkylation sites (N-methyl/N-ethyl adjacent to an activating group) is 1. The van der Waals surface area contributed by atoms with Gasteiger partial charge in [0.25, 0.3) is 0 Å². The molecule has 1 aromatic heterocycles. The average Bonchev–Trinajstić information content (AvgIpc) is 2.63. The van der Waals surface area contributed by atoms with Crippen molar-refractivity contribution in [3.8, 4) is 0 Å². The summed E-state index contributed by atoms with van der Waals surface area (Å²) in [6.45, 7) is 4.55. The molecule has 0 atom stereocenters. The van der Waals surface area contributed by atoms with Crippen molar-refractivity contribution < 1.29 is 0 Å². The zero-order chi connectivity index (χ0) is 12.4. The van der Waals surface area contributed by atoms with Gasteiger partial charge in [-0.1, -0.05) is 18.2 Å². The third kappa shape index (κ3) is 2.31. The second-order valence-corrected chi connectivity index (χ2v) is 5.03. The third-order valence-corrected chi connectivity index (χ3v) is 3.66. The molecule has 0 radical (unpaired) electrons. The van der Waals surface area contributed by atoms with Crippen molar-refractivity contribution in [1.29, 1.82) is 0 Å². The number of hydrogen-bond acceptors (Lipinski definition) is 3. The van der Waals surface area contributed by atoms with E-state index in [1.54, 1.807) is 0 Å². The molecule has 2 heterocycles. The zero-order valence-electron chi connectivity index (χ0n) is 10.8. The predicted molar refractivity (Wildman–Crippen MR) is 76.1 cm³/mol. The molecule has 1 aromatic carbocycles. The number of rotatable bonds is 1. The molecular weight excluding hydrogens is 222 g/mol. The fourth-order valence-corrected chi connectivity index (χ4v) is 2.54. The second kappa shape index (κ2) is 4.94. The maximum atomic E-state index is 4.55. The Bertz CT molecular complexity index is 538. The van der Waals surface area contributed by atoms with E-state index in [1.165, 1.54) is 24.0 Å². The fourth-order valence-electron chi connectivity index (χ4n) is 2.54. The lowest BCUT2D eigenvalue weighted by Gasteiger charge is -2.22. The van der Waals surface area contributed by atoms with Gasteiger partial charge in [-0.3, -0.25) is 4.98 Å². The van der Waals surface area contributed by atoms with Crippen molar-refractivity contribution >= 4 is 16.6 Å². The number of anilines is 1. The van der Waals surface area contributed by atoms with Crippen LogP contribution in [0.5, 0.6) is 0 Å². The van der Waals surface area contributed by atoms with Gasteiger partial charge in [-0.15, -0.1) is 0 Å². The molecule has 2 aromatic rings. The molecule has 94 valence electrons. The second-order valence-electron chi connectivity index (χ2n) is 5.03. The molecule has 1 saturated heterocycles. The minimum atomic E-state index is 1.08. The number of nitrogens with zero attached hydrogens (tertiary/aromatic N) is 3. The van der Waals surface area contributed by atoms with Crippen molar-refractivity contribution in [2.24, 2.45) is 0 Å². The van der Waals surface area contributed by atoms with E-state index in [2.05, 4.69) is 46.1 Å². The Morgan fingerprint density at radius 2 is 1.94 bits per heavy atom. The Morgan fingerprint density at radius 1 is 1.06 bits per heavy atom. The minimum absolute atomic E-state index is 1.08. The number of benzene rings is 1. The highest BCUT2D eigenvalue weighted by molar-refractivity contribution is 5.81. The Hall–Kier alpha value is -1.61. The summed E-state index contributed by atoms with van der Waals surface area (Å²) in [5.74, 6) is 0. The summed E-state index contributed by atoms with van der Waals surface area (Å²) in [4.78, 5) is 9.40. The first kappa shape index (κ1) is 11.5. The van der Waals surface area contributed by atoms with Gasteiger partial charge < -0.3 is 9.80 Å². The smallest absolute Gasteiger partial charge is 0.0703 e. The van der Waals surface area contributed by atoms with E-state index in [0.717, 1.165) is 25.2 Å². The highest BCUT2D eigenvalue weighted by atomic mass is 15.2. The van der Waals surface area contributed by atoms with Gasteiger partial charge in [0.1, 0.15) is 0 Å². The summed E-state index contributed by atoms with van der Waals surface area (Å²) < 4.78 is 0. The first-order valence-electron chi connectivity index (χ1n) is 6.61. The van der Waals surface area contributed by atoms with E-state index in [-0.39, 0.29) is 0 Å². The molecule has 3 nitrogen and oxygen atoms in total. The molecule has 3 rings (SSSR count). The maximum absolute atomic E-state index is 4.55. The van der Waals surface area contributed by atoms with Crippen molar-refractivity contribution in [2.45, 2.75) is 6.42 Å². The van der Waals surface area contributed by atoms with E-state index < -0.39 is 0 Å². The number of para-hydroxylation sites is 1. The highest BCUT2D eigenvalue weighted by Crippen LogP contribution is 2.20. The molecule has 0 amide bonds. The van der Waals surface area contributed by atoms with Gasteiger partial charge in [-0.2, -0.15) is 0 Å². The minimum Gasteiger partial charge on any atom is -0.369 e. The number of fused-ring (bicyclic) bond motifs is 1. The number of hydrogen-bond donors (Lipinski definition) is 0. The standard InChI is InChI=1S/C15H19N3/c1-17-7-4-8-18(10-9-17)14-11-13-5-2-3-6-15(13)16-12-14/h2-3,5-6,11-12H,4,7-10H2,1H3. The van der Waals surface area contributed by atoms with Gasteiger partial charge in [0.15, 0.2) is 0 Å². The van der Waals surface area contributed by atoms with E-state index >= 15 is 0 Å². The molecule has 0 N–H and O–H groups in total. The average molecular weight is 241 g/mol. The molecule has 0 bridgehead atoms. The van der Waals surface area contributed by atoms with Gasteiger partial charge in [0, 0.05) is 25.0 Å². The Labute approximate surface area is 108 Å². The third-order valence-electron chi connectivity index (χ3n) is 3.66. The summed E-state index contributed by atoms with van der Waals surface area (Å²) in [6.07, 6.45) is 3.23. The molecular formula is C15H19N3. The van der Waals surface area contributed by atoms with Crippen LogP contribution in [-0.4, -0.2) is 43.1 Å². The molecule has 3 heteroatoms. The molecule has 18 heavy (non-hydrogen) atoms. The Morgan fingerprint density at radius 3 is 2.89 bits per heavy atom. The summed E-state index contributed by atoms with van der Waals surface area (Å²) in [7, 11) is 2.20. The van der Waals surface area contributed by atoms with Gasteiger partial charge in [-0.05, 0) is 32.1 Å². The van der Waals surface area contributed by atoms with Gasteiger partial charge in [0.2, 0.25) is 0 Å². The van der Waals surface area contributed by atoms with Crippen molar-refractivity contribution in [3.63, 3.8) is 0 Å². The van der Waals surface area contributed by atoms with Gasteiger partial charge in [-0.25, -0.2) is 0 Å². The molecule has 1 aliphatic rings. The Balaban J connectivity index is 1.89. The van der Waals surface area contributed by atoms with Gasteiger partial charge >= 0.3 is 0 Å². The highest BCUT2D eigenvalue weighted by Gasteiger charge is 2.13. The molecule has 0 saturated carbocycles. The summed E-state index contributed by atoms with van der Waals surface area (Å²) in [5, 5.41) is 1.23. The molecule has 0 unspecified atom stereocenters. The quantitative estimate of drug-likeness (QED) is 0.764. The maximum Gasteiger partial charge on any atom is 0.0703 e. The lowest BCUT2D eigenvalue weighted by molar-refractivity contribution is 0.360. The van der Waals surface area contributed by atoms with Crippen LogP contribution in [0.2, 0.25) is 0 Å². The summed E-state index contributed by atoms with van der Waals surface area (Å²) in [5.41, 5.74) is 2.33. The van der Waals surface area contributed by atoms with Crippen molar-refractivity contribution in [2.75, 3.05) is 38.1 Å². The van der Waals surface area contributed by atoms with E-state index in [1.807, 2.05) is 12.3 Å². The summed E-state index contributed by atoms with van der Waals surface area (Å²) in [6, 6.07) is 10.6. The van der Waals surface area contributed by atoms with Crippen LogP contribution in [0.4, 0.5) is 5.69 Å². The van der Waals surface area contributed by atoms with Crippen LogP contribution >= 0.6 is 0 Å². The van der Waals surface area contributed by atoms with Crippen LogP contribution in [0.15, 0.2) is 36.5 Å². The lowest BCUT2D eigenvalue weighted by Crippen LogP contribution is -2.28. The van der Waals surface area contributed by atoms with Gasteiger partial charge in [0.05, 0.1) is 17.4 Å². The normalized spacial score (nSPS) is 17.9. The number of aromatic nitrogens is 1. The molecule has 0 aliphatic carbocycles. The van der Waals surface area contributed by atoms with Crippen LogP contribution in [-0.2, 0) is 0 Å². The van der Waals surface area contributed by atoms with Crippen LogP contribution in [0.25, 0.3) is 10.9 Å². The topological polar surface area (TPSA) is 19.4 Å². The van der Waals surface area contributed by atoms with Crippen molar-refractivity contribution in [1.82, 2.24) is 9.88 Å². The molecule has 0 spiro atoms. The van der Waals surface area contributed by atoms with Crippen LogP contribution in [0.1, 0.15) is 6.42 Å². The van der Waals surface area contributed by atoms with Crippen LogP contribution < -0.4 is 4.90 Å². The molecule has 1 fully saturated rings. The monoisotopic (exact) mass is 241 g/mol. The fraction of sp³-hybridized carbons (Fsp3) is 0.400. The number of pyridine rings is 1. The lowest BCUT2D eigenvalue weighted by atomic mass is 10.2. The van der Waals surface area contributed by atoms with Crippen molar-refractivity contribution in [3.05, 3.63) is 36.5 Å². The van der Waals surface area contributed by atoms with Crippen LogP contribution in [0.3, 0.4) is 0 Å². The SMILES string of the molecule is CN1CCCN(c2cnc3ccccc3c2)CC1. The molecule has 1 aliphatic heterocycles. The Kier molecular flexibility index (Phi) is 3.15. The summed E-state index contributed by atoms with van der Waals surface area (Å²) >= 11 is 0.